The molecule has 0 aliphatic rings. The molecule has 0 aliphatic carbocycles. The highest BCUT2D eigenvalue weighted by Gasteiger charge is 2.06. The third-order valence-corrected chi connectivity index (χ3v) is 2.81. The third kappa shape index (κ3) is 2.27. The number of benzene rings is 1. The van der Waals surface area contributed by atoms with Crippen LogP contribution in [0.1, 0.15) is 12.8 Å². The number of hydrogen-bond acceptors (Lipinski definition) is 5. The van der Waals surface area contributed by atoms with Crippen molar-refractivity contribution in [1.82, 2.24) is 15.2 Å². The van der Waals surface area contributed by atoms with E-state index in [4.69, 9.17) is 4.42 Å². The monoisotopic (exact) mass is 254 g/mol. The molecule has 5 nitrogen and oxygen atoms in total. The third-order valence-electron chi connectivity index (χ3n) is 2.81. The number of aryl methyl sites for hydroxylation is 1. The molecule has 96 valence electrons. The molecule has 0 bridgehead atoms. The molecule has 0 amide bonds. The highest BCUT2D eigenvalue weighted by atomic mass is 16.3. The number of aromatic nitrogens is 3. The SMILES string of the molecule is CCNc1ccc(-c2ccc3nc(C)oc3c2)nn1. The van der Waals surface area contributed by atoms with Gasteiger partial charge in [0, 0.05) is 19.0 Å². The van der Waals surface area contributed by atoms with Gasteiger partial charge >= 0.3 is 0 Å². The summed E-state index contributed by atoms with van der Waals surface area (Å²) in [5.41, 5.74) is 3.42. The molecule has 1 N–H and O–H groups in total. The molecule has 3 rings (SSSR count). The normalized spacial score (nSPS) is 10.8. The Balaban J connectivity index is 1.98. The summed E-state index contributed by atoms with van der Waals surface area (Å²) in [4.78, 5) is 4.27. The van der Waals surface area contributed by atoms with Gasteiger partial charge < -0.3 is 9.73 Å². The van der Waals surface area contributed by atoms with E-state index in [1.807, 2.05) is 44.2 Å². The van der Waals surface area contributed by atoms with E-state index in [-0.39, 0.29) is 0 Å². The second kappa shape index (κ2) is 4.68. The Morgan fingerprint density at radius 1 is 1.16 bits per heavy atom. The van der Waals surface area contributed by atoms with Gasteiger partial charge in [0.25, 0.3) is 0 Å². The summed E-state index contributed by atoms with van der Waals surface area (Å²) in [6, 6.07) is 9.70. The lowest BCUT2D eigenvalue weighted by Gasteiger charge is -2.02. The first kappa shape index (κ1) is 11.6. The molecule has 0 spiro atoms. The minimum absolute atomic E-state index is 0.667. The topological polar surface area (TPSA) is 63.8 Å². The first-order valence-corrected chi connectivity index (χ1v) is 6.21. The molecule has 3 aromatic rings. The van der Waals surface area contributed by atoms with Crippen LogP contribution < -0.4 is 5.32 Å². The van der Waals surface area contributed by atoms with Crippen LogP contribution in [0.2, 0.25) is 0 Å². The Labute approximate surface area is 110 Å². The maximum atomic E-state index is 5.52. The van der Waals surface area contributed by atoms with Gasteiger partial charge in [-0.3, -0.25) is 0 Å². The molecule has 5 heteroatoms. The molecule has 0 saturated heterocycles. The van der Waals surface area contributed by atoms with Crippen LogP contribution in [0.15, 0.2) is 34.7 Å². The van der Waals surface area contributed by atoms with Gasteiger partial charge in [0.05, 0.1) is 5.69 Å². The lowest BCUT2D eigenvalue weighted by Crippen LogP contribution is -2.00. The Hall–Kier alpha value is -2.43. The Bertz CT molecular complexity index is 703. The van der Waals surface area contributed by atoms with E-state index in [0.717, 1.165) is 34.7 Å². The zero-order valence-corrected chi connectivity index (χ0v) is 10.8. The van der Waals surface area contributed by atoms with E-state index >= 15 is 0 Å². The minimum Gasteiger partial charge on any atom is -0.441 e. The molecule has 19 heavy (non-hydrogen) atoms. The van der Waals surface area contributed by atoms with Crippen LogP contribution in [0.5, 0.6) is 0 Å². The maximum absolute atomic E-state index is 5.52. The predicted octanol–water partition coefficient (Wildman–Crippen LogP) is 3.03. The average molecular weight is 254 g/mol. The molecule has 0 saturated carbocycles. The van der Waals surface area contributed by atoms with Crippen molar-refractivity contribution in [1.29, 1.82) is 0 Å². The van der Waals surface area contributed by atoms with Crippen molar-refractivity contribution >= 4 is 16.9 Å². The van der Waals surface area contributed by atoms with E-state index in [1.54, 1.807) is 0 Å². The van der Waals surface area contributed by atoms with Gasteiger partial charge in [-0.15, -0.1) is 10.2 Å². The van der Waals surface area contributed by atoms with Crippen LogP contribution in [0.3, 0.4) is 0 Å². The zero-order chi connectivity index (χ0) is 13.2. The number of nitrogens with zero attached hydrogens (tertiary/aromatic N) is 3. The van der Waals surface area contributed by atoms with E-state index in [1.165, 1.54) is 0 Å². The zero-order valence-electron chi connectivity index (χ0n) is 10.8. The molecule has 1 aromatic carbocycles. The van der Waals surface area contributed by atoms with Crippen LogP contribution >= 0.6 is 0 Å². The van der Waals surface area contributed by atoms with Gasteiger partial charge in [0.1, 0.15) is 11.3 Å². The highest BCUT2D eigenvalue weighted by molar-refractivity contribution is 5.79. The first-order chi connectivity index (χ1) is 9.26. The van der Waals surface area contributed by atoms with Crippen molar-refractivity contribution in [3.63, 3.8) is 0 Å². The van der Waals surface area contributed by atoms with Crippen LogP contribution in [-0.2, 0) is 0 Å². The van der Waals surface area contributed by atoms with Crippen molar-refractivity contribution in [3.05, 3.63) is 36.2 Å². The lowest BCUT2D eigenvalue weighted by molar-refractivity contribution is 0.561. The lowest BCUT2D eigenvalue weighted by atomic mass is 10.1. The summed E-state index contributed by atoms with van der Waals surface area (Å²) in [5.74, 6) is 1.45. The van der Waals surface area contributed by atoms with Crippen molar-refractivity contribution < 1.29 is 4.42 Å². The average Bonchev–Trinajstić information content (AvgIpc) is 2.79. The molecule has 0 fully saturated rings. The molecular formula is C14H14N4O. The van der Waals surface area contributed by atoms with Gasteiger partial charge in [-0.1, -0.05) is 6.07 Å². The highest BCUT2D eigenvalue weighted by Crippen LogP contribution is 2.23. The number of rotatable bonds is 3. The molecule has 2 aromatic heterocycles. The van der Waals surface area contributed by atoms with Crippen molar-refractivity contribution in [3.8, 4) is 11.3 Å². The molecule has 0 radical (unpaired) electrons. The van der Waals surface area contributed by atoms with Gasteiger partial charge in [-0.2, -0.15) is 0 Å². The summed E-state index contributed by atoms with van der Waals surface area (Å²) in [5, 5.41) is 11.4. The van der Waals surface area contributed by atoms with Crippen LogP contribution in [0.4, 0.5) is 5.82 Å². The summed E-state index contributed by atoms with van der Waals surface area (Å²) < 4.78 is 5.52. The van der Waals surface area contributed by atoms with Gasteiger partial charge in [0.2, 0.25) is 0 Å². The largest absolute Gasteiger partial charge is 0.441 e. The fourth-order valence-corrected chi connectivity index (χ4v) is 1.96. The van der Waals surface area contributed by atoms with E-state index in [0.29, 0.717) is 5.89 Å². The van der Waals surface area contributed by atoms with Gasteiger partial charge in [-0.05, 0) is 31.2 Å². The molecular weight excluding hydrogens is 240 g/mol. The molecule has 2 heterocycles. The van der Waals surface area contributed by atoms with E-state index < -0.39 is 0 Å². The Morgan fingerprint density at radius 3 is 2.79 bits per heavy atom. The van der Waals surface area contributed by atoms with Crippen molar-refractivity contribution in [2.75, 3.05) is 11.9 Å². The standard InChI is InChI=1S/C14H14N4O/c1-3-15-14-7-6-11(17-18-14)10-4-5-12-13(8-10)19-9(2)16-12/h4-8H,3H2,1-2H3,(H,15,18). The smallest absolute Gasteiger partial charge is 0.192 e. The second-order valence-corrected chi connectivity index (χ2v) is 4.25. The quantitative estimate of drug-likeness (QED) is 0.778. The molecule has 0 atom stereocenters. The Morgan fingerprint density at radius 2 is 2.05 bits per heavy atom. The Kier molecular flexibility index (Phi) is 2.87. The predicted molar refractivity (Wildman–Crippen MR) is 73.9 cm³/mol. The number of hydrogen-bond donors (Lipinski definition) is 1. The van der Waals surface area contributed by atoms with Crippen molar-refractivity contribution in [2.45, 2.75) is 13.8 Å². The first-order valence-electron chi connectivity index (χ1n) is 6.21. The summed E-state index contributed by atoms with van der Waals surface area (Å²) in [6.07, 6.45) is 0. The molecule has 0 unspecified atom stereocenters. The summed E-state index contributed by atoms with van der Waals surface area (Å²) in [6.45, 7) is 4.69. The fourth-order valence-electron chi connectivity index (χ4n) is 1.96. The fraction of sp³-hybridized carbons (Fsp3) is 0.214. The number of anilines is 1. The van der Waals surface area contributed by atoms with Crippen LogP contribution in [-0.4, -0.2) is 21.7 Å². The van der Waals surface area contributed by atoms with Gasteiger partial charge in [-0.25, -0.2) is 4.98 Å². The van der Waals surface area contributed by atoms with E-state index in [9.17, 15) is 0 Å². The van der Waals surface area contributed by atoms with Crippen LogP contribution in [0.25, 0.3) is 22.4 Å². The summed E-state index contributed by atoms with van der Waals surface area (Å²) in [7, 11) is 0. The van der Waals surface area contributed by atoms with Gasteiger partial charge in [0.15, 0.2) is 11.5 Å². The number of fused-ring (bicyclic) bond motifs is 1. The maximum Gasteiger partial charge on any atom is 0.192 e. The minimum atomic E-state index is 0.667. The van der Waals surface area contributed by atoms with Crippen molar-refractivity contribution in [2.24, 2.45) is 0 Å². The van der Waals surface area contributed by atoms with Crippen LogP contribution in [0, 0.1) is 6.92 Å². The second-order valence-electron chi connectivity index (χ2n) is 4.25. The molecule has 0 aliphatic heterocycles. The summed E-state index contributed by atoms with van der Waals surface area (Å²) >= 11 is 0. The van der Waals surface area contributed by atoms with E-state index in [2.05, 4.69) is 20.5 Å². The number of oxazole rings is 1. The number of nitrogens with one attached hydrogen (secondary N) is 1.